The number of piperazine rings is 1. The molecule has 10 heteroatoms. The van der Waals surface area contributed by atoms with E-state index in [0.717, 1.165) is 21.9 Å². The smallest absolute Gasteiger partial charge is 0.455 e. The number of hydrogen-bond donors (Lipinski definition) is 0. The van der Waals surface area contributed by atoms with Gasteiger partial charge in [0.05, 0.1) is 6.04 Å². The number of amides is 1. The van der Waals surface area contributed by atoms with Crippen LogP contribution in [0.1, 0.15) is 18.0 Å². The molecule has 0 spiro atoms. The number of rotatable bonds is 2. The van der Waals surface area contributed by atoms with Crippen molar-refractivity contribution >= 4 is 23.2 Å². The van der Waals surface area contributed by atoms with Gasteiger partial charge in [-0.05, 0) is 24.3 Å². The Morgan fingerprint density at radius 2 is 1.81 bits per heavy atom. The molecule has 0 radical (unpaired) electrons. The molecule has 2 saturated heterocycles. The molecule has 0 N–H and O–H groups in total. The normalized spacial score (nSPS) is 23.1. The maximum Gasteiger partial charge on any atom is 0.471 e. The molecule has 0 aliphatic carbocycles. The second-order valence-electron chi connectivity index (χ2n) is 8.15. The lowest BCUT2D eigenvalue weighted by Crippen LogP contribution is -2.53. The van der Waals surface area contributed by atoms with Crippen molar-refractivity contribution in [2.24, 2.45) is 0 Å². The molecule has 2 aromatic rings. The summed E-state index contributed by atoms with van der Waals surface area (Å²) < 4.78 is 44.2. The number of halogens is 4. The number of carbonyl (C=O) groups excluding carboxylic acids is 1. The van der Waals surface area contributed by atoms with E-state index in [1.807, 2.05) is 40.3 Å². The van der Waals surface area contributed by atoms with Crippen LogP contribution in [0.3, 0.4) is 0 Å². The molecule has 2 aromatic carbocycles. The molecule has 2 atom stereocenters. The van der Waals surface area contributed by atoms with E-state index in [0.29, 0.717) is 36.8 Å². The third kappa shape index (κ3) is 4.00. The van der Waals surface area contributed by atoms with Crippen LogP contribution in [0.25, 0.3) is 0 Å². The first kappa shape index (κ1) is 21.4. The molecule has 32 heavy (non-hydrogen) atoms. The number of alkyl halides is 3. The molecule has 170 valence electrons. The second kappa shape index (κ2) is 8.13. The van der Waals surface area contributed by atoms with Crippen LogP contribution in [-0.2, 0) is 9.63 Å². The fourth-order valence-electron chi connectivity index (χ4n) is 4.52. The minimum absolute atomic E-state index is 0.0489. The van der Waals surface area contributed by atoms with Crippen LogP contribution in [0, 0.1) is 0 Å². The zero-order valence-electron chi connectivity index (χ0n) is 17.0. The monoisotopic (exact) mass is 467 g/mol. The Kier molecular flexibility index (Phi) is 5.43. The highest BCUT2D eigenvalue weighted by molar-refractivity contribution is 6.31. The van der Waals surface area contributed by atoms with Crippen molar-refractivity contribution in [1.29, 1.82) is 0 Å². The van der Waals surface area contributed by atoms with Crippen molar-refractivity contribution in [3.8, 4) is 11.5 Å². The van der Waals surface area contributed by atoms with Crippen LogP contribution < -0.4 is 9.80 Å². The molecule has 6 nitrogen and oxygen atoms in total. The van der Waals surface area contributed by atoms with Gasteiger partial charge in [-0.1, -0.05) is 29.8 Å². The van der Waals surface area contributed by atoms with Gasteiger partial charge in [0, 0.05) is 49.7 Å². The van der Waals surface area contributed by atoms with Gasteiger partial charge in [0.1, 0.15) is 17.5 Å². The molecule has 0 aromatic heterocycles. The van der Waals surface area contributed by atoms with E-state index >= 15 is 0 Å². The third-order valence-electron chi connectivity index (χ3n) is 6.05. The van der Waals surface area contributed by atoms with Crippen LogP contribution in [0.2, 0.25) is 5.02 Å². The largest absolute Gasteiger partial charge is 0.471 e. The van der Waals surface area contributed by atoms with E-state index in [9.17, 15) is 18.0 Å². The number of nitrogens with zero attached hydrogens (tertiary/aromatic N) is 3. The molecule has 1 amide bonds. The van der Waals surface area contributed by atoms with Crippen LogP contribution in [-0.4, -0.2) is 60.7 Å². The number of fused-ring (bicyclic) bond motifs is 5. The van der Waals surface area contributed by atoms with Crippen LogP contribution in [0.4, 0.5) is 18.9 Å². The van der Waals surface area contributed by atoms with E-state index < -0.39 is 12.1 Å². The first-order chi connectivity index (χ1) is 15.3. The predicted molar refractivity (Wildman–Crippen MR) is 112 cm³/mol. The number of carbonyl (C=O) groups is 1. The van der Waals surface area contributed by atoms with Crippen molar-refractivity contribution in [3.63, 3.8) is 0 Å². The summed E-state index contributed by atoms with van der Waals surface area (Å²) in [5.41, 5.74) is 1.74. The Morgan fingerprint density at radius 1 is 1.06 bits per heavy atom. The highest BCUT2D eigenvalue weighted by atomic mass is 35.5. The molecule has 0 unspecified atom stereocenters. The lowest BCUT2D eigenvalue weighted by Gasteiger charge is -2.35. The predicted octanol–water partition coefficient (Wildman–Crippen LogP) is 4.40. The van der Waals surface area contributed by atoms with Gasteiger partial charge in [-0.3, -0.25) is 14.5 Å². The van der Waals surface area contributed by atoms with Crippen LogP contribution >= 0.6 is 11.6 Å². The zero-order chi connectivity index (χ0) is 22.5. The van der Waals surface area contributed by atoms with Gasteiger partial charge in [-0.2, -0.15) is 13.2 Å². The van der Waals surface area contributed by atoms with Crippen molar-refractivity contribution < 1.29 is 27.5 Å². The number of hydroxylamine groups is 1. The molecular formula is C22H21ClF3N3O3. The molecule has 3 heterocycles. The topological polar surface area (TPSA) is 45.2 Å². The standard InChI is InChI=1S/C22H21ClF3N3O3/c23-14-5-6-20-18(11-14)29-17(16-3-1-2-4-19(16)31-20)12-15(32-29)13-27-7-9-28(10-8-27)21(30)22(24,25)26/h1-6,11,15,17H,7-10,12-13H2/t15-,17-/m0/s1. The second-order valence-corrected chi connectivity index (χ2v) is 8.58. The van der Waals surface area contributed by atoms with Crippen molar-refractivity contribution in [2.75, 3.05) is 37.8 Å². The van der Waals surface area contributed by atoms with Crippen molar-refractivity contribution in [2.45, 2.75) is 24.7 Å². The summed E-state index contributed by atoms with van der Waals surface area (Å²) in [7, 11) is 0. The molecule has 0 bridgehead atoms. The molecule has 3 aliphatic rings. The summed E-state index contributed by atoms with van der Waals surface area (Å²) in [6.45, 7) is 1.39. The Morgan fingerprint density at radius 3 is 2.56 bits per heavy atom. The van der Waals surface area contributed by atoms with E-state index in [4.69, 9.17) is 21.2 Å². The highest BCUT2D eigenvalue weighted by Crippen LogP contribution is 2.49. The average Bonchev–Trinajstić information content (AvgIpc) is 3.13. The number of hydrogen-bond acceptors (Lipinski definition) is 5. The van der Waals surface area contributed by atoms with Gasteiger partial charge < -0.3 is 9.64 Å². The Labute approximate surface area is 188 Å². The SMILES string of the molecule is O=C(N1CCN(C[C@@H]2C[C@H]3c4ccccc4Oc4ccc(Cl)cc4N3O2)CC1)C(F)(F)F. The van der Waals surface area contributed by atoms with E-state index in [1.54, 1.807) is 12.1 Å². The lowest BCUT2D eigenvalue weighted by atomic mass is 10.00. The fraction of sp³-hybridized carbons (Fsp3) is 0.409. The van der Waals surface area contributed by atoms with E-state index in [-0.39, 0.29) is 25.2 Å². The Hall–Kier alpha value is -2.49. The summed E-state index contributed by atoms with van der Waals surface area (Å²) >= 11 is 6.24. The summed E-state index contributed by atoms with van der Waals surface area (Å²) in [5, 5.41) is 2.40. The Bertz CT molecular complexity index is 1030. The maximum atomic E-state index is 12.7. The number of ether oxygens (including phenoxy) is 1. The minimum Gasteiger partial charge on any atom is -0.455 e. The Balaban J connectivity index is 1.31. The number of para-hydroxylation sites is 1. The van der Waals surface area contributed by atoms with Crippen molar-refractivity contribution in [3.05, 3.63) is 53.1 Å². The van der Waals surface area contributed by atoms with Crippen molar-refractivity contribution in [1.82, 2.24) is 9.80 Å². The quantitative estimate of drug-likeness (QED) is 0.655. The number of anilines is 1. The van der Waals surface area contributed by atoms with Gasteiger partial charge in [0.25, 0.3) is 0 Å². The van der Waals surface area contributed by atoms with E-state index in [1.165, 1.54) is 0 Å². The summed E-state index contributed by atoms with van der Waals surface area (Å²) in [6, 6.07) is 13.1. The molecule has 5 rings (SSSR count). The number of benzene rings is 2. The first-order valence-electron chi connectivity index (χ1n) is 10.4. The zero-order valence-corrected chi connectivity index (χ0v) is 17.8. The van der Waals surface area contributed by atoms with Gasteiger partial charge in [-0.25, -0.2) is 5.06 Å². The summed E-state index contributed by atoms with van der Waals surface area (Å²) in [5.74, 6) is -0.371. The first-order valence-corrected chi connectivity index (χ1v) is 10.8. The minimum atomic E-state index is -4.83. The summed E-state index contributed by atoms with van der Waals surface area (Å²) in [4.78, 5) is 20.7. The molecule has 0 saturated carbocycles. The van der Waals surface area contributed by atoms with Gasteiger partial charge in [0.2, 0.25) is 0 Å². The summed E-state index contributed by atoms with van der Waals surface area (Å²) in [6.07, 6.45) is -4.31. The molecule has 3 aliphatic heterocycles. The fourth-order valence-corrected chi connectivity index (χ4v) is 4.69. The molecule has 2 fully saturated rings. The van der Waals surface area contributed by atoms with Crippen LogP contribution in [0.5, 0.6) is 11.5 Å². The highest BCUT2D eigenvalue weighted by Gasteiger charge is 2.44. The lowest BCUT2D eigenvalue weighted by molar-refractivity contribution is -0.187. The average molecular weight is 468 g/mol. The molecular weight excluding hydrogens is 447 g/mol. The maximum absolute atomic E-state index is 12.7. The van der Waals surface area contributed by atoms with Gasteiger partial charge >= 0.3 is 12.1 Å². The van der Waals surface area contributed by atoms with Gasteiger partial charge in [0.15, 0.2) is 5.75 Å². The van der Waals surface area contributed by atoms with E-state index in [2.05, 4.69) is 0 Å². The third-order valence-corrected chi connectivity index (χ3v) is 6.29. The van der Waals surface area contributed by atoms with Crippen LogP contribution in [0.15, 0.2) is 42.5 Å². The van der Waals surface area contributed by atoms with Gasteiger partial charge in [-0.15, -0.1) is 0 Å².